The summed E-state index contributed by atoms with van der Waals surface area (Å²) in [6.45, 7) is 3.93. The van der Waals surface area contributed by atoms with Gasteiger partial charge in [0.15, 0.2) is 5.13 Å². The lowest BCUT2D eigenvalue weighted by Gasteiger charge is -2.06. The Morgan fingerprint density at radius 2 is 2.16 bits per heavy atom. The van der Waals surface area contributed by atoms with Crippen LogP contribution < -0.4 is 10.6 Å². The molecule has 0 radical (unpaired) electrons. The fourth-order valence-corrected chi connectivity index (χ4v) is 2.62. The minimum atomic E-state index is 0.519. The van der Waals surface area contributed by atoms with Crippen LogP contribution in [0.15, 0.2) is 23.6 Å². The van der Waals surface area contributed by atoms with Gasteiger partial charge in [0.1, 0.15) is 0 Å². The average Bonchev–Trinajstić information content (AvgIpc) is 2.83. The Morgan fingerprint density at radius 3 is 2.95 bits per heavy atom. The van der Waals surface area contributed by atoms with Crippen molar-refractivity contribution in [3.05, 3.63) is 39.3 Å². The van der Waals surface area contributed by atoms with Gasteiger partial charge in [-0.2, -0.15) is 0 Å². The lowest BCUT2D eigenvalue weighted by atomic mass is 10.3. The molecular weight excluding hydrogens is 301 g/mol. The van der Waals surface area contributed by atoms with Crippen LogP contribution in [0.1, 0.15) is 19.0 Å². The molecule has 0 saturated carbocycles. The maximum absolute atomic E-state index is 6.12. The van der Waals surface area contributed by atoms with Crippen molar-refractivity contribution in [1.29, 1.82) is 0 Å². The van der Waals surface area contributed by atoms with Crippen molar-refractivity contribution in [1.82, 2.24) is 10.3 Å². The minimum absolute atomic E-state index is 0.519. The molecule has 19 heavy (non-hydrogen) atoms. The molecule has 0 aliphatic heterocycles. The molecule has 0 aliphatic rings. The fourth-order valence-electron chi connectivity index (χ4n) is 1.55. The van der Waals surface area contributed by atoms with Crippen LogP contribution >= 0.6 is 34.5 Å². The molecule has 3 nitrogen and oxygen atoms in total. The molecule has 0 fully saturated rings. The Hall–Kier alpha value is -0.810. The molecular formula is C13H15Cl2N3S. The molecule has 0 atom stereocenters. The van der Waals surface area contributed by atoms with E-state index in [4.69, 9.17) is 23.2 Å². The Bertz CT molecular complexity index is 542. The molecule has 2 rings (SSSR count). The first-order valence-corrected chi connectivity index (χ1v) is 7.70. The van der Waals surface area contributed by atoms with Gasteiger partial charge in [-0.15, -0.1) is 11.3 Å². The van der Waals surface area contributed by atoms with Crippen LogP contribution in [0.25, 0.3) is 0 Å². The minimum Gasteiger partial charge on any atom is -0.330 e. The molecule has 2 aromatic rings. The second-order valence-corrected chi connectivity index (χ2v) is 5.69. The number of hydrogen-bond acceptors (Lipinski definition) is 4. The largest absolute Gasteiger partial charge is 0.330 e. The summed E-state index contributed by atoms with van der Waals surface area (Å²) in [6.07, 6.45) is 1.12. The molecule has 1 heterocycles. The predicted molar refractivity (Wildman–Crippen MR) is 83.9 cm³/mol. The summed E-state index contributed by atoms with van der Waals surface area (Å²) >= 11 is 13.6. The van der Waals surface area contributed by atoms with E-state index in [-0.39, 0.29) is 0 Å². The third-order valence-corrected chi connectivity index (χ3v) is 4.10. The normalized spacial score (nSPS) is 10.7. The van der Waals surface area contributed by atoms with Crippen molar-refractivity contribution in [3.8, 4) is 0 Å². The maximum Gasteiger partial charge on any atom is 0.187 e. The van der Waals surface area contributed by atoms with Crippen LogP contribution in [0.3, 0.4) is 0 Å². The van der Waals surface area contributed by atoms with Gasteiger partial charge in [0, 0.05) is 11.9 Å². The van der Waals surface area contributed by atoms with E-state index in [0.717, 1.165) is 36.0 Å². The molecule has 1 aromatic carbocycles. The standard InChI is InChI=1S/C13H15Cl2N3S/c1-2-6-16-7-9-8-19-13(17-9)18-11-5-3-4-10(14)12(11)15/h3-5,8,16H,2,6-7H2,1H3,(H,17,18). The van der Waals surface area contributed by atoms with Crippen LogP contribution in [0.4, 0.5) is 10.8 Å². The highest BCUT2D eigenvalue weighted by molar-refractivity contribution is 7.13. The summed E-state index contributed by atoms with van der Waals surface area (Å²) < 4.78 is 0. The second kappa shape index (κ2) is 7.10. The van der Waals surface area contributed by atoms with Gasteiger partial charge in [-0.3, -0.25) is 0 Å². The Labute approximate surface area is 127 Å². The van der Waals surface area contributed by atoms with Gasteiger partial charge in [-0.05, 0) is 25.1 Å². The molecule has 0 unspecified atom stereocenters. The van der Waals surface area contributed by atoms with E-state index in [9.17, 15) is 0 Å². The van der Waals surface area contributed by atoms with E-state index >= 15 is 0 Å². The smallest absolute Gasteiger partial charge is 0.187 e. The van der Waals surface area contributed by atoms with Crippen molar-refractivity contribution < 1.29 is 0 Å². The quantitative estimate of drug-likeness (QED) is 0.759. The number of aromatic nitrogens is 1. The summed E-state index contributed by atoms with van der Waals surface area (Å²) in [4.78, 5) is 4.49. The summed E-state index contributed by atoms with van der Waals surface area (Å²) in [5.41, 5.74) is 1.80. The highest BCUT2D eigenvalue weighted by Gasteiger charge is 2.07. The van der Waals surface area contributed by atoms with Crippen molar-refractivity contribution in [2.45, 2.75) is 19.9 Å². The fraction of sp³-hybridized carbons (Fsp3) is 0.308. The van der Waals surface area contributed by atoms with E-state index < -0.39 is 0 Å². The molecule has 6 heteroatoms. The van der Waals surface area contributed by atoms with Crippen molar-refractivity contribution >= 4 is 45.4 Å². The van der Waals surface area contributed by atoms with Crippen molar-refractivity contribution in [3.63, 3.8) is 0 Å². The van der Waals surface area contributed by atoms with E-state index in [1.54, 1.807) is 17.4 Å². The summed E-state index contributed by atoms with van der Waals surface area (Å²) in [7, 11) is 0. The monoisotopic (exact) mass is 315 g/mol. The number of rotatable bonds is 6. The molecule has 0 amide bonds. The zero-order chi connectivity index (χ0) is 13.7. The van der Waals surface area contributed by atoms with E-state index in [1.165, 1.54) is 0 Å². The number of hydrogen-bond donors (Lipinski definition) is 2. The van der Waals surface area contributed by atoms with Crippen molar-refractivity contribution in [2.24, 2.45) is 0 Å². The van der Waals surface area contributed by atoms with Gasteiger partial charge in [-0.1, -0.05) is 36.2 Å². The second-order valence-electron chi connectivity index (χ2n) is 4.05. The van der Waals surface area contributed by atoms with Crippen LogP contribution in [0.2, 0.25) is 10.0 Å². The van der Waals surface area contributed by atoms with E-state index in [0.29, 0.717) is 10.0 Å². The first kappa shape index (κ1) is 14.6. The first-order valence-electron chi connectivity index (χ1n) is 6.07. The van der Waals surface area contributed by atoms with Crippen LogP contribution in [-0.4, -0.2) is 11.5 Å². The molecule has 102 valence electrons. The highest BCUT2D eigenvalue weighted by Crippen LogP contribution is 2.32. The van der Waals surface area contributed by atoms with Crippen molar-refractivity contribution in [2.75, 3.05) is 11.9 Å². The van der Waals surface area contributed by atoms with E-state index in [2.05, 4.69) is 22.5 Å². The molecule has 0 bridgehead atoms. The number of nitrogens with one attached hydrogen (secondary N) is 2. The number of anilines is 2. The van der Waals surface area contributed by atoms with Crippen LogP contribution in [0, 0.1) is 0 Å². The third-order valence-electron chi connectivity index (χ3n) is 2.48. The molecule has 0 aliphatic carbocycles. The molecule has 0 saturated heterocycles. The Balaban J connectivity index is 2.01. The van der Waals surface area contributed by atoms with E-state index in [1.807, 2.05) is 17.5 Å². The van der Waals surface area contributed by atoms with Gasteiger partial charge < -0.3 is 10.6 Å². The average molecular weight is 316 g/mol. The van der Waals surface area contributed by atoms with Crippen LogP contribution in [-0.2, 0) is 6.54 Å². The number of halogens is 2. The molecule has 0 spiro atoms. The molecule has 2 N–H and O–H groups in total. The lowest BCUT2D eigenvalue weighted by molar-refractivity contribution is 0.667. The maximum atomic E-state index is 6.12. The Kier molecular flexibility index (Phi) is 5.45. The van der Waals surface area contributed by atoms with Gasteiger partial charge in [0.2, 0.25) is 0 Å². The zero-order valence-corrected chi connectivity index (χ0v) is 12.9. The van der Waals surface area contributed by atoms with Gasteiger partial charge in [0.05, 0.1) is 21.4 Å². The third kappa shape index (κ3) is 4.08. The van der Waals surface area contributed by atoms with Crippen LogP contribution in [0.5, 0.6) is 0 Å². The number of benzene rings is 1. The first-order chi connectivity index (χ1) is 9.20. The summed E-state index contributed by atoms with van der Waals surface area (Å²) in [5, 5.41) is 10.4. The summed E-state index contributed by atoms with van der Waals surface area (Å²) in [5.74, 6) is 0. The van der Waals surface area contributed by atoms with Gasteiger partial charge in [0.25, 0.3) is 0 Å². The topological polar surface area (TPSA) is 37.0 Å². The highest BCUT2D eigenvalue weighted by atomic mass is 35.5. The molecule has 1 aromatic heterocycles. The van der Waals surface area contributed by atoms with Gasteiger partial charge >= 0.3 is 0 Å². The zero-order valence-electron chi connectivity index (χ0n) is 10.5. The number of thiazole rings is 1. The SMILES string of the molecule is CCCNCc1csc(Nc2cccc(Cl)c2Cl)n1. The van der Waals surface area contributed by atoms with Gasteiger partial charge in [-0.25, -0.2) is 4.98 Å². The lowest BCUT2D eigenvalue weighted by Crippen LogP contribution is -2.13. The number of nitrogens with zero attached hydrogens (tertiary/aromatic N) is 1. The predicted octanol–water partition coefficient (Wildman–Crippen LogP) is 4.69. The summed E-state index contributed by atoms with van der Waals surface area (Å²) in [6, 6.07) is 5.50. The Morgan fingerprint density at radius 1 is 1.32 bits per heavy atom.